The summed E-state index contributed by atoms with van der Waals surface area (Å²) in [5.41, 5.74) is -0.0759. The molecule has 1 heterocycles. The highest BCUT2D eigenvalue weighted by Crippen LogP contribution is 2.41. The van der Waals surface area contributed by atoms with Crippen molar-refractivity contribution >= 4 is 0 Å². The monoisotopic (exact) mass is 334 g/mol. The van der Waals surface area contributed by atoms with Gasteiger partial charge in [0.05, 0.1) is 17.2 Å². The van der Waals surface area contributed by atoms with E-state index in [4.69, 9.17) is 5.26 Å². The fourth-order valence-corrected chi connectivity index (χ4v) is 2.91. The van der Waals surface area contributed by atoms with Gasteiger partial charge in [-0.3, -0.25) is 0 Å². The molecule has 2 atom stereocenters. The summed E-state index contributed by atoms with van der Waals surface area (Å²) in [6.45, 7) is -0.346. The molecule has 0 fully saturated rings. The smallest absolute Gasteiger partial charge is 0.374 e. The fourth-order valence-electron chi connectivity index (χ4n) is 2.91. The maximum Gasteiger partial charge on any atom is 0.416 e. The zero-order valence-electron chi connectivity index (χ0n) is 12.3. The molecule has 0 radical (unpaired) electrons. The van der Waals surface area contributed by atoms with Crippen molar-refractivity contribution in [2.45, 2.75) is 25.2 Å². The molecule has 1 aliphatic heterocycles. The Balaban J connectivity index is 1.99. The van der Waals surface area contributed by atoms with Gasteiger partial charge in [0.25, 0.3) is 0 Å². The van der Waals surface area contributed by atoms with Gasteiger partial charge < -0.3 is 10.2 Å². The highest BCUT2D eigenvalue weighted by Gasteiger charge is 2.39. The van der Waals surface area contributed by atoms with E-state index in [0.29, 0.717) is 11.1 Å². The number of alkyl halides is 3. The first-order valence-electron chi connectivity index (χ1n) is 7.14. The van der Waals surface area contributed by atoms with Crippen LogP contribution in [0.4, 0.5) is 13.2 Å². The molecule has 0 amide bonds. The van der Waals surface area contributed by atoms with Crippen molar-refractivity contribution in [3.8, 4) is 6.07 Å². The Morgan fingerprint density at radius 3 is 2.12 bits per heavy atom. The number of nitrogens with zero attached hydrogens (tertiary/aromatic N) is 2. The van der Waals surface area contributed by atoms with Crippen LogP contribution in [0.5, 0.6) is 0 Å². The molecule has 4 nitrogen and oxygen atoms in total. The molecule has 0 saturated carbocycles. The lowest BCUT2D eigenvalue weighted by atomic mass is 10.0. The highest BCUT2D eigenvalue weighted by atomic mass is 19.4. The Kier molecular flexibility index (Phi) is 4.05. The number of hydrogen-bond acceptors (Lipinski definition) is 4. The number of aliphatic hydroxyl groups is 2. The molecular formula is C17H13F3N2O2. The predicted octanol–water partition coefficient (Wildman–Crippen LogP) is 3.07. The average Bonchev–Trinajstić information content (AvgIpc) is 2.79. The van der Waals surface area contributed by atoms with E-state index in [1.165, 1.54) is 0 Å². The molecule has 1 aliphatic rings. The van der Waals surface area contributed by atoms with E-state index < -0.39 is 24.2 Å². The second-order valence-electron chi connectivity index (χ2n) is 5.53. The quantitative estimate of drug-likeness (QED) is 0.886. The van der Waals surface area contributed by atoms with Gasteiger partial charge in [0.2, 0.25) is 0 Å². The summed E-state index contributed by atoms with van der Waals surface area (Å²) in [5.74, 6) is 0. The molecule has 0 bridgehead atoms. The standard InChI is InChI=1S/C17H13F3N2O2/c18-17(19,20)14-6-5-10(8-21)7-11(14)9-22-15(23)12-3-1-2-4-13(12)16(22)24/h1-7,15-16,23-24H,9H2. The zero-order valence-corrected chi connectivity index (χ0v) is 12.3. The fraction of sp³-hybridized carbons (Fsp3) is 0.235. The second kappa shape index (κ2) is 5.91. The van der Waals surface area contributed by atoms with E-state index >= 15 is 0 Å². The highest BCUT2D eigenvalue weighted by molar-refractivity contribution is 5.41. The van der Waals surface area contributed by atoms with Crippen molar-refractivity contribution in [1.29, 1.82) is 5.26 Å². The minimum atomic E-state index is -4.59. The number of benzene rings is 2. The zero-order chi connectivity index (χ0) is 17.5. The predicted molar refractivity (Wildman–Crippen MR) is 78.1 cm³/mol. The maximum absolute atomic E-state index is 13.2. The summed E-state index contributed by atoms with van der Waals surface area (Å²) in [6, 6.07) is 11.4. The van der Waals surface area contributed by atoms with E-state index in [9.17, 15) is 23.4 Å². The first kappa shape index (κ1) is 16.5. The Hall–Kier alpha value is -2.40. The van der Waals surface area contributed by atoms with Gasteiger partial charge >= 0.3 is 6.18 Å². The Morgan fingerprint density at radius 1 is 1.04 bits per heavy atom. The maximum atomic E-state index is 13.2. The van der Waals surface area contributed by atoms with Crippen molar-refractivity contribution in [2.24, 2.45) is 0 Å². The molecular weight excluding hydrogens is 321 g/mol. The first-order chi connectivity index (χ1) is 11.3. The minimum absolute atomic E-state index is 0.0821. The molecule has 2 aromatic rings. The Morgan fingerprint density at radius 2 is 1.62 bits per heavy atom. The number of hydrogen-bond donors (Lipinski definition) is 2. The summed E-state index contributed by atoms with van der Waals surface area (Å²) < 4.78 is 39.6. The lowest BCUT2D eigenvalue weighted by Crippen LogP contribution is -2.27. The molecule has 124 valence electrons. The third-order valence-corrected chi connectivity index (χ3v) is 4.07. The number of halogens is 3. The molecule has 24 heavy (non-hydrogen) atoms. The van der Waals surface area contributed by atoms with Gasteiger partial charge in [-0.1, -0.05) is 24.3 Å². The van der Waals surface area contributed by atoms with Crippen LogP contribution >= 0.6 is 0 Å². The van der Waals surface area contributed by atoms with Gasteiger partial charge in [0.1, 0.15) is 12.5 Å². The van der Waals surface area contributed by atoms with Crippen LogP contribution in [0.3, 0.4) is 0 Å². The van der Waals surface area contributed by atoms with E-state index in [0.717, 1.165) is 23.1 Å². The van der Waals surface area contributed by atoms with Gasteiger partial charge in [-0.15, -0.1) is 0 Å². The van der Waals surface area contributed by atoms with E-state index in [1.807, 2.05) is 0 Å². The van der Waals surface area contributed by atoms with Crippen LogP contribution in [0.15, 0.2) is 42.5 Å². The van der Waals surface area contributed by atoms with Crippen molar-refractivity contribution < 1.29 is 23.4 Å². The Bertz CT molecular complexity index is 785. The van der Waals surface area contributed by atoms with E-state index in [-0.39, 0.29) is 17.7 Å². The van der Waals surface area contributed by atoms with E-state index in [1.54, 1.807) is 30.3 Å². The van der Waals surface area contributed by atoms with Gasteiger partial charge in [-0.05, 0) is 23.8 Å². The Labute approximate surface area is 136 Å². The molecule has 2 aromatic carbocycles. The largest absolute Gasteiger partial charge is 0.416 e. The van der Waals surface area contributed by atoms with Crippen LogP contribution in [0, 0.1) is 11.3 Å². The summed E-state index contributed by atoms with van der Waals surface area (Å²) in [5, 5.41) is 29.5. The van der Waals surface area contributed by atoms with Crippen molar-refractivity contribution in [2.75, 3.05) is 0 Å². The van der Waals surface area contributed by atoms with Crippen molar-refractivity contribution in [3.63, 3.8) is 0 Å². The summed E-state index contributed by atoms with van der Waals surface area (Å²) >= 11 is 0. The lowest BCUT2D eigenvalue weighted by molar-refractivity contribution is -0.140. The molecule has 0 spiro atoms. The molecule has 2 unspecified atom stereocenters. The van der Waals surface area contributed by atoms with Crippen LogP contribution in [0.2, 0.25) is 0 Å². The summed E-state index contributed by atoms with van der Waals surface area (Å²) in [6.07, 6.45) is -7.03. The number of rotatable bonds is 2. The first-order valence-corrected chi connectivity index (χ1v) is 7.14. The topological polar surface area (TPSA) is 67.5 Å². The van der Waals surface area contributed by atoms with Crippen molar-refractivity contribution in [3.05, 3.63) is 70.3 Å². The molecule has 0 aliphatic carbocycles. The lowest BCUT2D eigenvalue weighted by Gasteiger charge is -2.26. The minimum Gasteiger partial charge on any atom is -0.374 e. The molecule has 2 N–H and O–H groups in total. The van der Waals surface area contributed by atoms with E-state index in [2.05, 4.69) is 0 Å². The van der Waals surface area contributed by atoms with Gasteiger partial charge in [-0.2, -0.15) is 18.4 Å². The third kappa shape index (κ3) is 2.76. The third-order valence-electron chi connectivity index (χ3n) is 4.07. The van der Waals surface area contributed by atoms with Crippen LogP contribution in [0.1, 0.15) is 40.3 Å². The van der Waals surface area contributed by atoms with Gasteiger partial charge in [-0.25, -0.2) is 4.90 Å². The van der Waals surface area contributed by atoms with Crippen LogP contribution in [-0.2, 0) is 12.7 Å². The number of aliphatic hydroxyl groups excluding tert-OH is 2. The van der Waals surface area contributed by atoms with Crippen LogP contribution < -0.4 is 0 Å². The summed E-state index contributed by atoms with van der Waals surface area (Å²) in [7, 11) is 0. The normalized spacial score (nSPS) is 20.7. The molecule has 3 rings (SSSR count). The average molecular weight is 334 g/mol. The molecule has 7 heteroatoms. The van der Waals surface area contributed by atoms with Crippen LogP contribution in [0.25, 0.3) is 0 Å². The second-order valence-corrected chi connectivity index (χ2v) is 5.53. The number of fused-ring (bicyclic) bond motifs is 1. The SMILES string of the molecule is N#Cc1ccc(C(F)(F)F)c(CN2C(O)c3ccccc3C2O)c1. The van der Waals surface area contributed by atoms with Gasteiger partial charge in [0.15, 0.2) is 0 Å². The summed E-state index contributed by atoms with van der Waals surface area (Å²) in [4.78, 5) is 1.15. The molecule has 0 saturated heterocycles. The van der Waals surface area contributed by atoms with Gasteiger partial charge in [0, 0.05) is 17.7 Å². The number of nitriles is 1. The van der Waals surface area contributed by atoms with Crippen LogP contribution in [-0.4, -0.2) is 15.1 Å². The molecule has 0 aromatic heterocycles. The van der Waals surface area contributed by atoms with Crippen molar-refractivity contribution in [1.82, 2.24) is 4.90 Å².